The third-order valence-electron chi connectivity index (χ3n) is 5.28. The second-order valence-electron chi connectivity index (χ2n) is 6.91. The van der Waals surface area contributed by atoms with Gasteiger partial charge in [-0.15, -0.1) is 0 Å². The molecule has 0 bridgehead atoms. The Kier molecular flexibility index (Phi) is 5.61. The van der Waals surface area contributed by atoms with Gasteiger partial charge in [-0.3, -0.25) is 4.90 Å². The van der Waals surface area contributed by atoms with Gasteiger partial charge in [-0.1, -0.05) is 24.3 Å². The molecule has 0 unspecified atom stereocenters. The number of morpholine rings is 2. The topological polar surface area (TPSA) is 50.7 Å². The van der Waals surface area contributed by atoms with Crippen LogP contribution in [0.5, 0.6) is 0 Å². The lowest BCUT2D eigenvalue weighted by molar-refractivity contribution is 0.0198. The normalized spacial score (nSPS) is 19.9. The van der Waals surface area contributed by atoms with Crippen molar-refractivity contribution < 1.29 is 13.9 Å². The Morgan fingerprint density at radius 2 is 1.59 bits per heavy atom. The van der Waals surface area contributed by atoms with Crippen LogP contribution in [0.4, 0.5) is 10.2 Å². The summed E-state index contributed by atoms with van der Waals surface area (Å²) in [7, 11) is 0. The minimum absolute atomic E-state index is 0.334. The Morgan fingerprint density at radius 3 is 2.26 bits per heavy atom. The van der Waals surface area contributed by atoms with Gasteiger partial charge in [0.05, 0.1) is 32.6 Å². The Balaban J connectivity index is 1.53. The van der Waals surface area contributed by atoms with E-state index in [1.54, 1.807) is 0 Å². The maximum Gasteiger partial charge on any atom is 0.183 e. The van der Waals surface area contributed by atoms with Crippen molar-refractivity contribution >= 4 is 5.82 Å². The molecule has 2 fully saturated rings. The number of benzene rings is 1. The van der Waals surface area contributed by atoms with Gasteiger partial charge in [0.2, 0.25) is 0 Å². The standard InChI is InChI=1S/C20H25FN4O2/c1-15(24-6-10-26-11-7-24)16-2-4-17(5-3-16)19-22-14-18(21)20(23-19)25-8-12-27-13-9-25/h2-5,14-15H,6-13H2,1H3/t15-/m1/s1. The molecule has 6 nitrogen and oxygen atoms in total. The number of hydrogen-bond donors (Lipinski definition) is 0. The summed E-state index contributed by atoms with van der Waals surface area (Å²) in [6.07, 6.45) is 1.26. The van der Waals surface area contributed by atoms with E-state index >= 15 is 0 Å². The van der Waals surface area contributed by atoms with Gasteiger partial charge in [0, 0.05) is 37.8 Å². The summed E-state index contributed by atoms with van der Waals surface area (Å²) >= 11 is 0. The molecule has 0 amide bonds. The fourth-order valence-corrected chi connectivity index (χ4v) is 3.58. The molecule has 2 aromatic rings. The molecule has 2 saturated heterocycles. The minimum Gasteiger partial charge on any atom is -0.379 e. The lowest BCUT2D eigenvalue weighted by Crippen LogP contribution is -2.38. The van der Waals surface area contributed by atoms with Crippen molar-refractivity contribution in [3.63, 3.8) is 0 Å². The number of anilines is 1. The molecule has 1 aromatic carbocycles. The third-order valence-corrected chi connectivity index (χ3v) is 5.28. The largest absolute Gasteiger partial charge is 0.379 e. The molecule has 144 valence electrons. The average Bonchev–Trinajstić information content (AvgIpc) is 2.75. The summed E-state index contributed by atoms with van der Waals surface area (Å²) < 4.78 is 25.0. The lowest BCUT2D eigenvalue weighted by atomic mass is 10.0. The predicted molar refractivity (Wildman–Crippen MR) is 101 cm³/mol. The fraction of sp³-hybridized carbons (Fsp3) is 0.500. The lowest BCUT2D eigenvalue weighted by Gasteiger charge is -2.32. The second-order valence-corrected chi connectivity index (χ2v) is 6.91. The van der Waals surface area contributed by atoms with Gasteiger partial charge in [-0.25, -0.2) is 14.4 Å². The van der Waals surface area contributed by atoms with Crippen LogP contribution in [0, 0.1) is 5.82 Å². The first-order valence-corrected chi connectivity index (χ1v) is 9.50. The Labute approximate surface area is 158 Å². The van der Waals surface area contributed by atoms with Crippen LogP contribution in [0.3, 0.4) is 0 Å². The molecule has 0 N–H and O–H groups in total. The molecule has 1 atom stereocenters. The van der Waals surface area contributed by atoms with Gasteiger partial charge in [-0.2, -0.15) is 0 Å². The van der Waals surface area contributed by atoms with Gasteiger partial charge in [-0.05, 0) is 12.5 Å². The molecule has 0 aliphatic carbocycles. The van der Waals surface area contributed by atoms with Crippen LogP contribution in [0.25, 0.3) is 11.4 Å². The highest BCUT2D eigenvalue weighted by Gasteiger charge is 2.20. The van der Waals surface area contributed by atoms with Crippen LogP contribution in [-0.4, -0.2) is 67.5 Å². The maximum absolute atomic E-state index is 14.2. The quantitative estimate of drug-likeness (QED) is 0.822. The zero-order valence-corrected chi connectivity index (χ0v) is 15.6. The number of nitrogens with zero attached hydrogens (tertiary/aromatic N) is 4. The first-order chi connectivity index (χ1) is 13.2. The fourth-order valence-electron chi connectivity index (χ4n) is 3.58. The van der Waals surface area contributed by atoms with Crippen LogP contribution in [0.1, 0.15) is 18.5 Å². The van der Waals surface area contributed by atoms with Crippen molar-refractivity contribution in [2.45, 2.75) is 13.0 Å². The van der Waals surface area contributed by atoms with E-state index in [2.05, 4.69) is 33.9 Å². The molecule has 2 aliphatic rings. The third kappa shape index (κ3) is 4.10. The van der Waals surface area contributed by atoms with Gasteiger partial charge in [0.15, 0.2) is 17.5 Å². The van der Waals surface area contributed by atoms with E-state index in [0.717, 1.165) is 31.9 Å². The first kappa shape index (κ1) is 18.3. The van der Waals surface area contributed by atoms with E-state index in [9.17, 15) is 4.39 Å². The Hall–Kier alpha value is -2.09. The van der Waals surface area contributed by atoms with E-state index in [1.165, 1.54) is 11.8 Å². The maximum atomic E-state index is 14.2. The van der Waals surface area contributed by atoms with E-state index in [4.69, 9.17) is 9.47 Å². The van der Waals surface area contributed by atoms with E-state index in [-0.39, 0.29) is 0 Å². The number of halogens is 1. The van der Waals surface area contributed by atoms with Gasteiger partial charge < -0.3 is 14.4 Å². The van der Waals surface area contributed by atoms with Gasteiger partial charge in [0.1, 0.15) is 0 Å². The van der Waals surface area contributed by atoms with Crippen LogP contribution < -0.4 is 4.90 Å². The van der Waals surface area contributed by atoms with Crippen molar-refractivity contribution in [3.8, 4) is 11.4 Å². The molecule has 1 aromatic heterocycles. The monoisotopic (exact) mass is 372 g/mol. The zero-order valence-electron chi connectivity index (χ0n) is 15.6. The van der Waals surface area contributed by atoms with Crippen molar-refractivity contribution in [3.05, 3.63) is 41.8 Å². The highest BCUT2D eigenvalue weighted by atomic mass is 19.1. The highest BCUT2D eigenvalue weighted by molar-refractivity contribution is 5.58. The summed E-state index contributed by atoms with van der Waals surface area (Å²) in [5.74, 6) is 0.510. The number of ether oxygens (including phenoxy) is 2. The Morgan fingerprint density at radius 1 is 0.963 bits per heavy atom. The summed E-state index contributed by atoms with van der Waals surface area (Å²) in [4.78, 5) is 13.0. The van der Waals surface area contributed by atoms with Crippen molar-refractivity contribution in [1.29, 1.82) is 0 Å². The Bertz CT molecular complexity index is 759. The van der Waals surface area contributed by atoms with Crippen LogP contribution >= 0.6 is 0 Å². The molecular formula is C20H25FN4O2. The van der Waals surface area contributed by atoms with Crippen molar-refractivity contribution in [2.75, 3.05) is 57.5 Å². The smallest absolute Gasteiger partial charge is 0.183 e. The molecular weight excluding hydrogens is 347 g/mol. The molecule has 7 heteroatoms. The molecule has 4 rings (SSSR count). The minimum atomic E-state index is -0.391. The van der Waals surface area contributed by atoms with E-state index in [0.29, 0.717) is 44.0 Å². The number of rotatable bonds is 4. The predicted octanol–water partition coefficient (Wildman–Crippen LogP) is 2.51. The molecule has 0 spiro atoms. The van der Waals surface area contributed by atoms with Crippen LogP contribution in [0.15, 0.2) is 30.5 Å². The SMILES string of the molecule is C[C@H](c1ccc(-c2ncc(F)c(N3CCOCC3)n2)cc1)N1CCOCC1. The van der Waals surface area contributed by atoms with Crippen molar-refractivity contribution in [1.82, 2.24) is 14.9 Å². The van der Waals surface area contributed by atoms with E-state index in [1.807, 2.05) is 17.0 Å². The molecule has 0 saturated carbocycles. The highest BCUT2D eigenvalue weighted by Crippen LogP contribution is 2.26. The van der Waals surface area contributed by atoms with Gasteiger partial charge in [0.25, 0.3) is 0 Å². The first-order valence-electron chi connectivity index (χ1n) is 9.50. The summed E-state index contributed by atoms with van der Waals surface area (Å²) in [6, 6.07) is 8.58. The van der Waals surface area contributed by atoms with E-state index < -0.39 is 5.82 Å². The zero-order chi connectivity index (χ0) is 18.6. The summed E-state index contributed by atoms with van der Waals surface area (Å²) in [6.45, 7) is 8.16. The van der Waals surface area contributed by atoms with Crippen LogP contribution in [0.2, 0.25) is 0 Å². The van der Waals surface area contributed by atoms with Gasteiger partial charge >= 0.3 is 0 Å². The average molecular weight is 372 g/mol. The number of hydrogen-bond acceptors (Lipinski definition) is 6. The number of aromatic nitrogens is 2. The summed E-state index contributed by atoms with van der Waals surface area (Å²) in [5, 5.41) is 0. The molecule has 3 heterocycles. The van der Waals surface area contributed by atoms with Crippen molar-refractivity contribution in [2.24, 2.45) is 0 Å². The molecule has 0 radical (unpaired) electrons. The molecule has 27 heavy (non-hydrogen) atoms. The van der Waals surface area contributed by atoms with Crippen LogP contribution in [-0.2, 0) is 9.47 Å². The summed E-state index contributed by atoms with van der Waals surface area (Å²) in [5.41, 5.74) is 2.14. The molecule has 2 aliphatic heterocycles. The second kappa shape index (κ2) is 8.29.